The number of methoxy groups -OCH3 is 1. The number of hydrogen-bond donors (Lipinski definition) is 0. The highest BCUT2D eigenvalue weighted by atomic mass is 79.9. The fraction of sp³-hybridized carbons (Fsp3) is 0.306. The van der Waals surface area contributed by atoms with Crippen LogP contribution in [0, 0.1) is 0 Å². The van der Waals surface area contributed by atoms with E-state index in [4.69, 9.17) is 18.6 Å². The molecule has 5 rings (SSSR count). The third-order valence-electron chi connectivity index (χ3n) is 8.57. The van der Waals surface area contributed by atoms with Crippen LogP contribution in [0.2, 0.25) is 18.1 Å². The average Bonchev–Trinajstić information content (AvgIpc) is 3.30. The number of amides is 1. The Morgan fingerprint density at radius 3 is 2.14 bits per heavy atom. The van der Waals surface area contributed by atoms with Gasteiger partial charge in [-0.2, -0.15) is 0 Å². The van der Waals surface area contributed by atoms with Crippen LogP contribution < -0.4 is 19.1 Å². The molecule has 4 aromatic rings. The second kappa shape index (κ2) is 13.2. The van der Waals surface area contributed by atoms with Gasteiger partial charge in [0.1, 0.15) is 37.2 Å². The van der Waals surface area contributed by atoms with Gasteiger partial charge in [0, 0.05) is 10.0 Å². The van der Waals surface area contributed by atoms with Crippen LogP contribution in [0.4, 0.5) is 5.69 Å². The Morgan fingerprint density at radius 1 is 0.795 bits per heavy atom. The van der Waals surface area contributed by atoms with Gasteiger partial charge in [0.05, 0.1) is 18.7 Å². The van der Waals surface area contributed by atoms with Crippen molar-refractivity contribution < 1.29 is 23.4 Å². The van der Waals surface area contributed by atoms with Crippen LogP contribution in [-0.2, 0) is 22.4 Å². The van der Waals surface area contributed by atoms with E-state index in [2.05, 4.69) is 49.8 Å². The maximum Gasteiger partial charge on any atom is 0.241 e. The van der Waals surface area contributed by atoms with E-state index in [1.165, 1.54) is 0 Å². The zero-order chi connectivity index (χ0) is 31.5. The Kier molecular flexibility index (Phi) is 9.53. The molecule has 1 atom stereocenters. The number of carbonyl (C=O) groups is 1. The Hall–Kier alpha value is -3.59. The topological polar surface area (TPSA) is 57.2 Å². The molecule has 0 saturated carbocycles. The molecule has 0 aliphatic carbocycles. The van der Waals surface area contributed by atoms with Gasteiger partial charge in [-0.05, 0) is 87.2 Å². The third kappa shape index (κ3) is 6.88. The minimum Gasteiger partial charge on any atom is -0.497 e. The molecule has 1 aliphatic heterocycles. The van der Waals surface area contributed by atoms with Crippen LogP contribution in [0.1, 0.15) is 48.9 Å². The molecule has 0 N–H and O–H groups in total. The van der Waals surface area contributed by atoms with Crippen LogP contribution in [0.3, 0.4) is 0 Å². The first kappa shape index (κ1) is 31.8. The number of carbonyl (C=O) groups excluding carboxylic acids is 1. The van der Waals surface area contributed by atoms with Crippen molar-refractivity contribution in [2.75, 3.05) is 18.7 Å². The van der Waals surface area contributed by atoms with Crippen molar-refractivity contribution in [2.45, 2.75) is 58.0 Å². The minimum absolute atomic E-state index is 0.0127. The molecule has 0 saturated heterocycles. The van der Waals surface area contributed by atoms with Crippen molar-refractivity contribution in [3.05, 3.63) is 118 Å². The fourth-order valence-electron chi connectivity index (χ4n) is 4.92. The summed E-state index contributed by atoms with van der Waals surface area (Å²) in [5, 5.41) is 0.0127. The molecule has 0 fully saturated rings. The largest absolute Gasteiger partial charge is 0.497 e. The molecular weight excluding hydrogens is 634 g/mol. The lowest BCUT2D eigenvalue weighted by Gasteiger charge is -2.37. The lowest BCUT2D eigenvalue weighted by Crippen LogP contribution is -2.45. The summed E-state index contributed by atoms with van der Waals surface area (Å²) in [5.41, 5.74) is 4.54. The summed E-state index contributed by atoms with van der Waals surface area (Å²) < 4.78 is 25.3. The Balaban J connectivity index is 1.50. The van der Waals surface area contributed by atoms with Crippen LogP contribution >= 0.6 is 15.9 Å². The van der Waals surface area contributed by atoms with E-state index in [1.54, 1.807) is 12.0 Å². The number of anilines is 1. The minimum atomic E-state index is -2.12. The predicted molar refractivity (Wildman–Crippen MR) is 181 cm³/mol. The highest BCUT2D eigenvalue weighted by Gasteiger charge is 2.43. The molecule has 0 bridgehead atoms. The van der Waals surface area contributed by atoms with Crippen molar-refractivity contribution in [3.63, 3.8) is 0 Å². The smallest absolute Gasteiger partial charge is 0.241 e. The molecule has 0 spiro atoms. The molecule has 44 heavy (non-hydrogen) atoms. The second-order valence-electron chi connectivity index (χ2n) is 12.5. The first-order valence-corrected chi connectivity index (χ1v) is 18.5. The van der Waals surface area contributed by atoms with Gasteiger partial charge in [0.2, 0.25) is 5.91 Å². The van der Waals surface area contributed by atoms with E-state index in [1.807, 2.05) is 91.0 Å². The highest BCUT2D eigenvalue weighted by molar-refractivity contribution is 9.10. The van der Waals surface area contributed by atoms with E-state index < -0.39 is 14.2 Å². The van der Waals surface area contributed by atoms with Crippen LogP contribution in [-0.4, -0.2) is 28.1 Å². The van der Waals surface area contributed by atoms with Crippen molar-refractivity contribution in [2.24, 2.45) is 0 Å². The zero-order valence-corrected chi connectivity index (χ0v) is 28.8. The van der Waals surface area contributed by atoms with Crippen LogP contribution in [0.25, 0.3) is 0 Å². The normalized spacial score (nSPS) is 14.8. The zero-order valence-electron chi connectivity index (χ0n) is 26.2. The van der Waals surface area contributed by atoms with Gasteiger partial charge in [-0.1, -0.05) is 75.4 Å². The number of para-hydroxylation sites is 1. The highest BCUT2D eigenvalue weighted by Crippen LogP contribution is 2.48. The maximum absolute atomic E-state index is 14.4. The number of rotatable bonds is 11. The van der Waals surface area contributed by atoms with Gasteiger partial charge >= 0.3 is 0 Å². The molecule has 1 aliphatic rings. The summed E-state index contributed by atoms with van der Waals surface area (Å²) in [5.74, 6) is 1.44. The summed E-state index contributed by atoms with van der Waals surface area (Å²) >= 11 is 3.73. The number of ether oxygens (including phenoxy) is 3. The molecule has 1 amide bonds. The molecule has 6 nitrogen and oxygen atoms in total. The molecule has 230 valence electrons. The second-order valence-corrected chi connectivity index (χ2v) is 18.2. The van der Waals surface area contributed by atoms with Gasteiger partial charge in [0.25, 0.3) is 0 Å². The van der Waals surface area contributed by atoms with Crippen molar-refractivity contribution in [1.29, 1.82) is 0 Å². The number of fused-ring (bicyclic) bond motifs is 1. The van der Waals surface area contributed by atoms with Gasteiger partial charge < -0.3 is 18.6 Å². The Bertz CT molecular complexity index is 1600. The molecule has 8 heteroatoms. The van der Waals surface area contributed by atoms with Gasteiger partial charge in [-0.15, -0.1) is 0 Å². The van der Waals surface area contributed by atoms with E-state index >= 15 is 0 Å². The third-order valence-corrected chi connectivity index (χ3v) is 13.7. The Morgan fingerprint density at radius 2 is 1.45 bits per heavy atom. The molecule has 0 radical (unpaired) electrons. The first-order valence-electron chi connectivity index (χ1n) is 14.8. The SMILES string of the molecule is COc1ccc(COc2ccc(OCc3ccccc3)cc2C2C(=O)N(CO[Si](C)(C)C(C)(C)C)c3c(Br)cccc32)cc1. The lowest BCUT2D eigenvalue weighted by molar-refractivity contribution is -0.119. The quantitative estimate of drug-likeness (QED) is 0.149. The molecule has 0 aromatic heterocycles. The maximum atomic E-state index is 14.4. The number of hydrogen-bond acceptors (Lipinski definition) is 5. The van der Waals surface area contributed by atoms with E-state index in [9.17, 15) is 4.79 Å². The molecule has 1 heterocycles. The van der Waals surface area contributed by atoms with Crippen molar-refractivity contribution in [3.8, 4) is 17.2 Å². The van der Waals surface area contributed by atoms with Crippen molar-refractivity contribution >= 4 is 35.8 Å². The average molecular weight is 675 g/mol. The lowest BCUT2D eigenvalue weighted by atomic mass is 9.91. The monoisotopic (exact) mass is 673 g/mol. The predicted octanol–water partition coefficient (Wildman–Crippen LogP) is 9.07. The summed E-state index contributed by atoms with van der Waals surface area (Å²) in [6.45, 7) is 11.9. The van der Waals surface area contributed by atoms with Crippen LogP contribution in [0.5, 0.6) is 17.2 Å². The Labute approximate surface area is 270 Å². The van der Waals surface area contributed by atoms with E-state index in [0.717, 1.165) is 38.2 Å². The first-order chi connectivity index (χ1) is 21.0. The van der Waals surface area contributed by atoms with Crippen LogP contribution in [0.15, 0.2) is 95.5 Å². The molecule has 4 aromatic carbocycles. The summed E-state index contributed by atoms with van der Waals surface area (Å²) in [6.07, 6.45) is 0. The van der Waals surface area contributed by atoms with Gasteiger partial charge in [-0.25, -0.2) is 0 Å². The van der Waals surface area contributed by atoms with Crippen molar-refractivity contribution in [1.82, 2.24) is 0 Å². The molecular formula is C36H40BrNO5Si. The van der Waals surface area contributed by atoms with E-state index in [0.29, 0.717) is 24.7 Å². The number of benzene rings is 4. The number of halogens is 1. The summed E-state index contributed by atoms with van der Waals surface area (Å²) in [4.78, 5) is 16.2. The van der Waals surface area contributed by atoms with E-state index in [-0.39, 0.29) is 17.7 Å². The fourth-order valence-corrected chi connectivity index (χ4v) is 6.40. The van der Waals surface area contributed by atoms with Gasteiger partial charge in [0.15, 0.2) is 8.32 Å². The summed E-state index contributed by atoms with van der Waals surface area (Å²) in [6, 6.07) is 29.5. The standard InChI is InChI=1S/C36H40BrNO5Si/c1-36(2,3)44(5,6)43-24-38-34-29(13-10-14-31(34)37)33(35(38)39)30-21-28(41-22-25-11-8-7-9-12-25)19-20-32(30)42-23-26-15-17-27(40-4)18-16-26/h7-21,33H,22-24H2,1-6H3. The molecule has 1 unspecified atom stereocenters. The number of nitrogens with zero attached hydrogens (tertiary/aromatic N) is 1. The summed E-state index contributed by atoms with van der Waals surface area (Å²) in [7, 11) is -0.477. The van der Waals surface area contributed by atoms with Gasteiger partial charge in [-0.3, -0.25) is 9.69 Å².